The fourth-order valence-electron chi connectivity index (χ4n) is 4.44. The lowest BCUT2D eigenvalue weighted by Crippen LogP contribution is -2.47. The summed E-state index contributed by atoms with van der Waals surface area (Å²) in [5.74, 6) is -2.75. The van der Waals surface area contributed by atoms with E-state index in [1.54, 1.807) is 20.4 Å². The van der Waals surface area contributed by atoms with Crippen LogP contribution in [0.3, 0.4) is 0 Å². The van der Waals surface area contributed by atoms with Gasteiger partial charge in [0.2, 0.25) is 5.72 Å². The van der Waals surface area contributed by atoms with Crippen LogP contribution in [0.25, 0.3) is 11.8 Å². The van der Waals surface area contributed by atoms with Gasteiger partial charge in [0.1, 0.15) is 5.75 Å². The number of aryl methyl sites for hydroxylation is 1. The molecular weight excluding hydrogens is 445 g/mol. The second-order valence-corrected chi connectivity index (χ2v) is 8.52. The highest BCUT2D eigenvalue weighted by Crippen LogP contribution is 2.41. The van der Waals surface area contributed by atoms with Gasteiger partial charge in [-0.05, 0) is 61.2 Å². The SMILES string of the molecule is COc1cc(/C=C2/CCCN3C2=NOC3(C)c2cc(F)c(F)c(F)c2)ccc1-n1cnc(C)c1. The van der Waals surface area contributed by atoms with E-state index in [0.29, 0.717) is 18.1 Å². The maximum atomic E-state index is 13.9. The molecule has 2 aliphatic rings. The number of aromatic nitrogens is 2. The average molecular weight is 468 g/mol. The number of hydrogen-bond acceptors (Lipinski definition) is 5. The number of amidine groups is 1. The number of nitrogens with zero attached hydrogens (tertiary/aromatic N) is 4. The van der Waals surface area contributed by atoms with Crippen molar-refractivity contribution in [3.63, 3.8) is 0 Å². The topological polar surface area (TPSA) is 51.9 Å². The number of methoxy groups -OCH3 is 1. The minimum Gasteiger partial charge on any atom is -0.495 e. The number of halogens is 3. The normalized spacial score (nSPS) is 20.8. The summed E-state index contributed by atoms with van der Waals surface area (Å²) in [5.41, 5.74) is 2.51. The first kappa shape index (κ1) is 22.1. The average Bonchev–Trinajstić information content (AvgIpc) is 3.41. The summed E-state index contributed by atoms with van der Waals surface area (Å²) in [5, 5.41) is 4.25. The van der Waals surface area contributed by atoms with Crippen LogP contribution in [0, 0.1) is 24.4 Å². The first-order valence-corrected chi connectivity index (χ1v) is 10.9. The Morgan fingerprint density at radius 2 is 1.91 bits per heavy atom. The second-order valence-electron chi connectivity index (χ2n) is 8.52. The van der Waals surface area contributed by atoms with Gasteiger partial charge in [-0.15, -0.1) is 0 Å². The van der Waals surface area contributed by atoms with Crippen molar-refractivity contribution >= 4 is 11.9 Å². The standard InChI is InChI=1S/C25H23F3N4O2/c1-15-13-31(14-29-15)21-7-6-16(10-22(21)33-3)9-17-5-4-8-32-24(17)30-34-25(32,2)18-11-19(26)23(28)20(27)12-18/h6-7,9-14H,4-5,8H2,1-3H3/b17-9-. The predicted molar refractivity (Wildman–Crippen MR) is 121 cm³/mol. The van der Waals surface area contributed by atoms with Gasteiger partial charge in [-0.3, -0.25) is 0 Å². The molecule has 2 aromatic carbocycles. The quantitative estimate of drug-likeness (QED) is 0.488. The Morgan fingerprint density at radius 1 is 1.15 bits per heavy atom. The fraction of sp³-hybridized carbons (Fsp3) is 0.280. The van der Waals surface area contributed by atoms with Gasteiger partial charge in [0, 0.05) is 25.2 Å². The molecule has 1 unspecified atom stereocenters. The van der Waals surface area contributed by atoms with Crippen LogP contribution in [-0.4, -0.2) is 33.9 Å². The molecule has 1 aromatic heterocycles. The van der Waals surface area contributed by atoms with Crippen molar-refractivity contribution in [1.29, 1.82) is 0 Å². The summed E-state index contributed by atoms with van der Waals surface area (Å²) in [6.45, 7) is 4.17. The first-order valence-electron chi connectivity index (χ1n) is 10.9. The molecular formula is C25H23F3N4O2. The number of imidazole rings is 1. The highest BCUT2D eigenvalue weighted by Gasteiger charge is 2.46. The van der Waals surface area contributed by atoms with Crippen molar-refractivity contribution < 1.29 is 22.7 Å². The van der Waals surface area contributed by atoms with Crippen LogP contribution < -0.4 is 4.74 Å². The van der Waals surface area contributed by atoms with Crippen molar-refractivity contribution in [2.75, 3.05) is 13.7 Å². The third kappa shape index (κ3) is 3.61. The summed E-state index contributed by atoms with van der Waals surface area (Å²) in [7, 11) is 1.61. The Labute approximate surface area is 194 Å². The Morgan fingerprint density at radius 3 is 2.59 bits per heavy atom. The summed E-state index contributed by atoms with van der Waals surface area (Å²) >= 11 is 0. The zero-order valence-corrected chi connectivity index (χ0v) is 19.0. The van der Waals surface area contributed by atoms with Gasteiger partial charge in [0.25, 0.3) is 0 Å². The van der Waals surface area contributed by atoms with Gasteiger partial charge in [0.05, 0.1) is 24.8 Å². The first-order chi connectivity index (χ1) is 16.3. The number of fused-ring (bicyclic) bond motifs is 1. The van der Waals surface area contributed by atoms with E-state index in [-0.39, 0.29) is 5.56 Å². The minimum atomic E-state index is -1.51. The number of benzene rings is 2. The Bertz CT molecular complexity index is 1310. The Hall–Kier alpha value is -3.75. The van der Waals surface area contributed by atoms with Gasteiger partial charge in [-0.1, -0.05) is 11.2 Å². The molecule has 2 aliphatic heterocycles. The van der Waals surface area contributed by atoms with Crippen molar-refractivity contribution in [2.24, 2.45) is 5.16 Å². The third-order valence-corrected chi connectivity index (χ3v) is 6.25. The number of hydrogen-bond donors (Lipinski definition) is 0. The summed E-state index contributed by atoms with van der Waals surface area (Å²) in [6.07, 6.45) is 7.20. The number of rotatable bonds is 4. The Balaban J connectivity index is 1.47. The lowest BCUT2D eigenvalue weighted by Gasteiger charge is -2.37. The van der Waals surface area contributed by atoms with Crippen molar-refractivity contribution in [3.8, 4) is 11.4 Å². The van der Waals surface area contributed by atoms with Crippen LogP contribution in [0.1, 0.15) is 36.6 Å². The molecule has 1 fully saturated rings. The van der Waals surface area contributed by atoms with Crippen LogP contribution in [0.15, 0.2) is 53.6 Å². The van der Waals surface area contributed by atoms with E-state index in [1.165, 1.54) is 0 Å². The van der Waals surface area contributed by atoms with Gasteiger partial charge >= 0.3 is 0 Å². The Kier molecular flexibility index (Phi) is 5.34. The molecule has 0 spiro atoms. The van der Waals surface area contributed by atoms with Gasteiger partial charge in [0.15, 0.2) is 23.3 Å². The van der Waals surface area contributed by atoms with E-state index >= 15 is 0 Å². The lowest BCUT2D eigenvalue weighted by molar-refractivity contribution is -0.0917. The summed E-state index contributed by atoms with van der Waals surface area (Å²) in [4.78, 5) is 11.8. The molecule has 0 bridgehead atoms. The maximum absolute atomic E-state index is 13.9. The second kappa shape index (κ2) is 8.23. The summed E-state index contributed by atoms with van der Waals surface area (Å²) in [6, 6.07) is 7.76. The molecule has 0 saturated carbocycles. The van der Waals surface area contributed by atoms with E-state index in [2.05, 4.69) is 10.1 Å². The highest BCUT2D eigenvalue weighted by molar-refractivity contribution is 6.03. The summed E-state index contributed by atoms with van der Waals surface area (Å²) < 4.78 is 48.9. The number of ether oxygens (including phenoxy) is 1. The smallest absolute Gasteiger partial charge is 0.234 e. The molecule has 0 amide bonds. The van der Waals surface area contributed by atoms with Crippen molar-refractivity contribution in [2.45, 2.75) is 32.4 Å². The zero-order valence-electron chi connectivity index (χ0n) is 19.0. The predicted octanol–water partition coefficient (Wildman–Crippen LogP) is 5.30. The van der Waals surface area contributed by atoms with Crippen molar-refractivity contribution in [3.05, 3.63) is 82.7 Å². The fourth-order valence-corrected chi connectivity index (χ4v) is 4.44. The molecule has 0 radical (unpaired) electrons. The number of piperidine rings is 1. The molecule has 0 aliphatic carbocycles. The molecule has 34 heavy (non-hydrogen) atoms. The maximum Gasteiger partial charge on any atom is 0.234 e. The number of oxime groups is 1. The third-order valence-electron chi connectivity index (χ3n) is 6.25. The molecule has 5 rings (SSSR count). The highest BCUT2D eigenvalue weighted by atomic mass is 19.2. The van der Waals surface area contributed by atoms with Gasteiger partial charge < -0.3 is 19.0 Å². The van der Waals surface area contributed by atoms with Crippen LogP contribution in [0.2, 0.25) is 0 Å². The van der Waals surface area contributed by atoms with Crippen LogP contribution in [-0.2, 0) is 10.6 Å². The van der Waals surface area contributed by atoms with E-state index in [9.17, 15) is 13.2 Å². The van der Waals surface area contributed by atoms with E-state index in [1.807, 2.05) is 46.9 Å². The minimum absolute atomic E-state index is 0.158. The lowest BCUT2D eigenvalue weighted by atomic mass is 9.95. The largest absolute Gasteiger partial charge is 0.495 e. The van der Waals surface area contributed by atoms with E-state index in [4.69, 9.17) is 9.57 Å². The van der Waals surface area contributed by atoms with Crippen LogP contribution in [0.4, 0.5) is 13.2 Å². The van der Waals surface area contributed by atoms with Gasteiger partial charge in [-0.25, -0.2) is 18.2 Å². The molecule has 1 atom stereocenters. The van der Waals surface area contributed by atoms with E-state index < -0.39 is 23.2 Å². The molecule has 1 saturated heterocycles. The monoisotopic (exact) mass is 468 g/mol. The van der Waals surface area contributed by atoms with E-state index in [0.717, 1.165) is 47.5 Å². The molecule has 6 nitrogen and oxygen atoms in total. The zero-order chi connectivity index (χ0) is 24.0. The molecule has 3 aromatic rings. The molecule has 176 valence electrons. The van der Waals surface area contributed by atoms with Gasteiger partial charge in [-0.2, -0.15) is 0 Å². The molecule has 9 heteroatoms. The molecule has 0 N–H and O–H groups in total. The molecule has 3 heterocycles. The van der Waals surface area contributed by atoms with Crippen LogP contribution in [0.5, 0.6) is 5.75 Å². The van der Waals surface area contributed by atoms with Crippen molar-refractivity contribution in [1.82, 2.24) is 14.5 Å². The van der Waals surface area contributed by atoms with Crippen LogP contribution >= 0.6 is 0 Å².